The minimum absolute atomic E-state index is 0.529. The molecule has 3 heteroatoms. The number of aliphatic carboxylic acids is 1. The van der Waals surface area contributed by atoms with Gasteiger partial charge in [-0.15, -0.1) is 0 Å². The molecule has 0 saturated carbocycles. The Morgan fingerprint density at radius 3 is 3.07 bits per heavy atom. The Labute approximate surface area is 82.8 Å². The molecule has 0 spiro atoms. The zero-order valence-electron chi connectivity index (χ0n) is 8.08. The Balaban J connectivity index is 2.49. The summed E-state index contributed by atoms with van der Waals surface area (Å²) in [7, 11) is 0. The number of rotatable bonds is 1. The number of carbonyl (C=O) groups is 1. The van der Waals surface area contributed by atoms with Crippen LogP contribution < -0.4 is 5.32 Å². The van der Waals surface area contributed by atoms with Gasteiger partial charge in [0.15, 0.2) is 0 Å². The molecule has 0 amide bonds. The van der Waals surface area contributed by atoms with Gasteiger partial charge in [0.2, 0.25) is 0 Å². The molecule has 1 aromatic carbocycles. The summed E-state index contributed by atoms with van der Waals surface area (Å²) in [6, 6.07) is 5.31. The molecule has 2 rings (SSSR count). The van der Waals surface area contributed by atoms with Gasteiger partial charge in [0.05, 0.1) is 0 Å². The standard InChI is InChI=1S/C11H13NO2/c1-7-3-2-4-9-8(7)5-6-12-10(9)11(13)14/h2-4,10,12H,5-6H2,1H3,(H,13,14)/t10-/m0/s1. The van der Waals surface area contributed by atoms with Crippen molar-refractivity contribution in [3.63, 3.8) is 0 Å². The molecular weight excluding hydrogens is 178 g/mol. The maximum Gasteiger partial charge on any atom is 0.325 e. The van der Waals surface area contributed by atoms with E-state index >= 15 is 0 Å². The van der Waals surface area contributed by atoms with Gasteiger partial charge in [-0.25, -0.2) is 0 Å². The minimum Gasteiger partial charge on any atom is -0.480 e. The average molecular weight is 191 g/mol. The molecule has 1 aliphatic rings. The third-order valence-electron chi connectivity index (χ3n) is 2.73. The maximum atomic E-state index is 11.0. The highest BCUT2D eigenvalue weighted by atomic mass is 16.4. The summed E-state index contributed by atoms with van der Waals surface area (Å²) in [6.45, 7) is 2.78. The third kappa shape index (κ3) is 1.40. The molecule has 74 valence electrons. The van der Waals surface area contributed by atoms with E-state index in [1.54, 1.807) is 0 Å². The Hall–Kier alpha value is -1.35. The van der Waals surface area contributed by atoms with Crippen LogP contribution in [-0.4, -0.2) is 17.6 Å². The molecule has 1 heterocycles. The quantitative estimate of drug-likeness (QED) is 0.702. The maximum absolute atomic E-state index is 11.0. The smallest absolute Gasteiger partial charge is 0.325 e. The monoisotopic (exact) mass is 191 g/mol. The first kappa shape index (κ1) is 9.21. The first-order valence-electron chi connectivity index (χ1n) is 4.74. The molecule has 0 saturated heterocycles. The van der Waals surface area contributed by atoms with Crippen molar-refractivity contribution in [1.82, 2.24) is 5.32 Å². The summed E-state index contributed by atoms with van der Waals surface area (Å²) in [4.78, 5) is 11.0. The Morgan fingerprint density at radius 2 is 2.36 bits per heavy atom. The van der Waals surface area contributed by atoms with E-state index in [0.717, 1.165) is 18.5 Å². The van der Waals surface area contributed by atoms with E-state index < -0.39 is 12.0 Å². The highest BCUT2D eigenvalue weighted by molar-refractivity contribution is 5.76. The predicted molar refractivity (Wildman–Crippen MR) is 53.3 cm³/mol. The fourth-order valence-electron chi connectivity index (χ4n) is 2.01. The van der Waals surface area contributed by atoms with Gasteiger partial charge in [0.25, 0.3) is 0 Å². The van der Waals surface area contributed by atoms with Crippen LogP contribution in [-0.2, 0) is 11.2 Å². The van der Waals surface area contributed by atoms with Gasteiger partial charge in [-0.05, 0) is 30.0 Å². The molecule has 14 heavy (non-hydrogen) atoms. The van der Waals surface area contributed by atoms with Crippen molar-refractivity contribution in [3.8, 4) is 0 Å². The largest absolute Gasteiger partial charge is 0.480 e. The lowest BCUT2D eigenvalue weighted by Gasteiger charge is -2.24. The van der Waals surface area contributed by atoms with E-state index in [1.807, 2.05) is 25.1 Å². The van der Waals surface area contributed by atoms with Gasteiger partial charge in [-0.1, -0.05) is 18.2 Å². The topological polar surface area (TPSA) is 49.3 Å². The number of nitrogens with one attached hydrogen (secondary N) is 1. The summed E-state index contributed by atoms with van der Waals surface area (Å²) >= 11 is 0. The van der Waals surface area contributed by atoms with Gasteiger partial charge in [-0.2, -0.15) is 0 Å². The lowest BCUT2D eigenvalue weighted by molar-refractivity contribution is -0.139. The first-order chi connectivity index (χ1) is 6.70. The average Bonchev–Trinajstić information content (AvgIpc) is 2.17. The number of carboxylic acids is 1. The molecule has 0 aliphatic carbocycles. The van der Waals surface area contributed by atoms with Gasteiger partial charge in [-0.3, -0.25) is 4.79 Å². The second kappa shape index (κ2) is 3.42. The molecular formula is C11H13NO2. The number of aryl methyl sites for hydroxylation is 1. The van der Waals surface area contributed by atoms with Gasteiger partial charge in [0.1, 0.15) is 6.04 Å². The van der Waals surface area contributed by atoms with Crippen LogP contribution in [0.15, 0.2) is 18.2 Å². The molecule has 0 aromatic heterocycles. The van der Waals surface area contributed by atoms with E-state index in [9.17, 15) is 4.79 Å². The lowest BCUT2D eigenvalue weighted by atomic mass is 9.91. The van der Waals surface area contributed by atoms with E-state index in [0.29, 0.717) is 0 Å². The number of carboxylic acid groups (broad SMARTS) is 1. The zero-order chi connectivity index (χ0) is 10.1. The van der Waals surface area contributed by atoms with Crippen molar-refractivity contribution >= 4 is 5.97 Å². The van der Waals surface area contributed by atoms with E-state index in [2.05, 4.69) is 5.32 Å². The Bertz CT molecular complexity index is 374. The summed E-state index contributed by atoms with van der Waals surface area (Å²) in [5, 5.41) is 12.0. The van der Waals surface area contributed by atoms with Crippen LogP contribution in [0.1, 0.15) is 22.7 Å². The second-order valence-corrected chi connectivity index (χ2v) is 3.62. The van der Waals surface area contributed by atoms with Gasteiger partial charge < -0.3 is 10.4 Å². The van der Waals surface area contributed by atoms with Crippen LogP contribution in [0.2, 0.25) is 0 Å². The van der Waals surface area contributed by atoms with E-state index in [-0.39, 0.29) is 0 Å². The fraction of sp³-hybridized carbons (Fsp3) is 0.364. The number of hydrogen-bond donors (Lipinski definition) is 2. The molecule has 0 unspecified atom stereocenters. The van der Waals surface area contributed by atoms with Crippen LogP contribution in [0.3, 0.4) is 0 Å². The van der Waals surface area contributed by atoms with Gasteiger partial charge in [0, 0.05) is 6.54 Å². The second-order valence-electron chi connectivity index (χ2n) is 3.62. The molecule has 0 bridgehead atoms. The first-order valence-corrected chi connectivity index (χ1v) is 4.74. The van der Waals surface area contributed by atoms with E-state index in [4.69, 9.17) is 5.11 Å². The summed E-state index contributed by atoms with van der Waals surface area (Å²) in [6.07, 6.45) is 0.922. The summed E-state index contributed by atoms with van der Waals surface area (Å²) in [5.74, 6) is -0.795. The highest BCUT2D eigenvalue weighted by Gasteiger charge is 2.25. The molecule has 0 radical (unpaired) electrons. The molecule has 1 aliphatic heterocycles. The van der Waals surface area contributed by atoms with Crippen LogP contribution in [0.5, 0.6) is 0 Å². The van der Waals surface area contributed by atoms with Gasteiger partial charge >= 0.3 is 5.97 Å². The summed E-state index contributed by atoms with van der Waals surface area (Å²) < 4.78 is 0. The fourth-order valence-corrected chi connectivity index (χ4v) is 2.01. The number of fused-ring (bicyclic) bond motifs is 1. The summed E-state index contributed by atoms with van der Waals surface area (Å²) in [5.41, 5.74) is 3.30. The van der Waals surface area contributed by atoms with Crippen molar-refractivity contribution in [2.45, 2.75) is 19.4 Å². The molecule has 3 nitrogen and oxygen atoms in total. The van der Waals surface area contributed by atoms with Crippen LogP contribution in [0, 0.1) is 6.92 Å². The van der Waals surface area contributed by atoms with Crippen molar-refractivity contribution in [2.24, 2.45) is 0 Å². The van der Waals surface area contributed by atoms with Crippen molar-refractivity contribution in [1.29, 1.82) is 0 Å². The SMILES string of the molecule is Cc1cccc2c1CCN[C@@H]2C(=O)O. The predicted octanol–water partition coefficient (Wildman–Crippen LogP) is 1.27. The third-order valence-corrected chi connectivity index (χ3v) is 2.73. The Morgan fingerprint density at radius 1 is 1.57 bits per heavy atom. The number of benzene rings is 1. The van der Waals surface area contributed by atoms with E-state index in [1.165, 1.54) is 11.1 Å². The van der Waals surface area contributed by atoms with Crippen LogP contribution in [0.25, 0.3) is 0 Å². The molecule has 0 fully saturated rings. The molecule has 1 aromatic rings. The van der Waals surface area contributed by atoms with Crippen molar-refractivity contribution in [3.05, 3.63) is 34.9 Å². The van der Waals surface area contributed by atoms with Crippen LogP contribution in [0.4, 0.5) is 0 Å². The lowest BCUT2D eigenvalue weighted by Crippen LogP contribution is -2.35. The minimum atomic E-state index is -0.795. The number of hydrogen-bond acceptors (Lipinski definition) is 2. The molecule has 1 atom stereocenters. The van der Waals surface area contributed by atoms with Crippen LogP contribution >= 0.6 is 0 Å². The van der Waals surface area contributed by atoms with Crippen molar-refractivity contribution in [2.75, 3.05) is 6.54 Å². The Kier molecular flexibility index (Phi) is 2.25. The zero-order valence-corrected chi connectivity index (χ0v) is 8.08. The normalized spacial score (nSPS) is 20.2. The molecule has 2 N–H and O–H groups in total. The highest BCUT2D eigenvalue weighted by Crippen LogP contribution is 2.25. The van der Waals surface area contributed by atoms with Crippen molar-refractivity contribution < 1.29 is 9.90 Å².